The van der Waals surface area contributed by atoms with Gasteiger partial charge in [0.25, 0.3) is 0 Å². The van der Waals surface area contributed by atoms with Crippen LogP contribution in [0, 0.1) is 0 Å². The molecule has 1 aromatic rings. The second-order valence-corrected chi connectivity index (χ2v) is 4.64. The van der Waals surface area contributed by atoms with E-state index >= 15 is 0 Å². The molecule has 0 saturated heterocycles. The molecule has 2 aliphatic heterocycles. The third-order valence-corrected chi connectivity index (χ3v) is 3.28. The number of anilines is 1. The smallest absolute Gasteiger partial charge is 0.389 e. The summed E-state index contributed by atoms with van der Waals surface area (Å²) in [6.45, 7) is 2.25. The lowest BCUT2D eigenvalue weighted by molar-refractivity contribution is -0.161. The van der Waals surface area contributed by atoms with Gasteiger partial charge < -0.3 is 23.8 Å². The van der Waals surface area contributed by atoms with Crippen LogP contribution in [0.4, 0.5) is 5.69 Å². The fraction of sp³-hybridized carbons (Fsp3) is 0.429. The molecule has 0 fully saturated rings. The van der Waals surface area contributed by atoms with Gasteiger partial charge in [-0.2, -0.15) is 0 Å². The highest BCUT2D eigenvalue weighted by Gasteiger charge is 2.34. The summed E-state index contributed by atoms with van der Waals surface area (Å²) in [6.07, 6.45) is -0.810. The Balaban J connectivity index is 1.90. The number of carbonyl (C=O) groups is 2. The van der Waals surface area contributed by atoms with E-state index in [2.05, 4.69) is 0 Å². The molecule has 1 atom stereocenters. The monoisotopic (exact) mass is 293 g/mol. The van der Waals surface area contributed by atoms with Crippen LogP contribution in [-0.4, -0.2) is 38.4 Å². The number of benzene rings is 1. The normalized spacial score (nSPS) is 19.6. The van der Waals surface area contributed by atoms with Crippen molar-refractivity contribution in [2.24, 2.45) is 0 Å². The van der Waals surface area contributed by atoms with Crippen molar-refractivity contribution in [3.8, 4) is 17.2 Å². The fourth-order valence-electron chi connectivity index (χ4n) is 2.20. The summed E-state index contributed by atoms with van der Waals surface area (Å²) in [4.78, 5) is 25.0. The number of esters is 1. The van der Waals surface area contributed by atoms with Crippen molar-refractivity contribution >= 4 is 17.6 Å². The first kappa shape index (κ1) is 13.5. The Morgan fingerprint density at radius 2 is 2.05 bits per heavy atom. The molecule has 1 amide bonds. The van der Waals surface area contributed by atoms with Crippen molar-refractivity contribution in [1.82, 2.24) is 0 Å². The van der Waals surface area contributed by atoms with Crippen molar-refractivity contribution in [3.63, 3.8) is 0 Å². The predicted octanol–water partition coefficient (Wildman–Crippen LogP) is 1.09. The van der Waals surface area contributed by atoms with E-state index < -0.39 is 12.3 Å². The Morgan fingerprint density at radius 3 is 2.76 bits per heavy atom. The lowest BCUT2D eigenvalue weighted by atomic mass is 10.2. The highest BCUT2D eigenvalue weighted by Crippen LogP contribution is 2.44. The van der Waals surface area contributed by atoms with Crippen LogP contribution < -0.4 is 19.1 Å². The zero-order chi connectivity index (χ0) is 15.0. The summed E-state index contributed by atoms with van der Waals surface area (Å²) < 4.78 is 21.2. The molecule has 3 rings (SSSR count). The first-order chi connectivity index (χ1) is 10.1. The van der Waals surface area contributed by atoms with Crippen LogP contribution in [0.2, 0.25) is 0 Å². The Bertz CT molecular complexity index is 599. The summed E-state index contributed by atoms with van der Waals surface area (Å²) in [5, 5.41) is 0. The molecule has 0 radical (unpaired) electrons. The van der Waals surface area contributed by atoms with E-state index in [-0.39, 0.29) is 12.5 Å². The zero-order valence-electron chi connectivity index (χ0n) is 11.8. The van der Waals surface area contributed by atoms with Crippen LogP contribution in [0.25, 0.3) is 0 Å². The van der Waals surface area contributed by atoms with Crippen molar-refractivity contribution < 1.29 is 28.5 Å². The van der Waals surface area contributed by atoms with Gasteiger partial charge >= 0.3 is 12.3 Å². The van der Waals surface area contributed by atoms with Gasteiger partial charge in [0.15, 0.2) is 11.5 Å². The first-order valence-electron chi connectivity index (χ1n) is 6.67. The first-order valence-corrected chi connectivity index (χ1v) is 6.67. The number of ether oxygens (including phenoxy) is 4. The van der Waals surface area contributed by atoms with E-state index in [1.807, 2.05) is 0 Å². The molecule has 0 spiro atoms. The molecule has 0 aliphatic carbocycles. The molecule has 0 aromatic heterocycles. The molecule has 1 unspecified atom stereocenters. The Morgan fingerprint density at radius 1 is 1.33 bits per heavy atom. The van der Waals surface area contributed by atoms with E-state index in [0.717, 1.165) is 0 Å². The third kappa shape index (κ3) is 2.35. The van der Waals surface area contributed by atoms with Gasteiger partial charge in [0.2, 0.25) is 5.91 Å². The van der Waals surface area contributed by atoms with Crippen LogP contribution in [0.5, 0.6) is 17.2 Å². The minimum Gasteiger partial charge on any atom is -0.491 e. The maximum atomic E-state index is 11.8. The Labute approximate surface area is 121 Å². The number of carbonyl (C=O) groups excluding carboxylic acids is 2. The molecule has 21 heavy (non-hydrogen) atoms. The van der Waals surface area contributed by atoms with Gasteiger partial charge in [0, 0.05) is 19.2 Å². The number of nitrogens with zero attached hydrogens (tertiary/aromatic N) is 1. The molecular formula is C14H15NO6. The van der Waals surface area contributed by atoms with Crippen molar-refractivity contribution in [3.05, 3.63) is 12.1 Å². The summed E-state index contributed by atoms with van der Waals surface area (Å²) in [7, 11) is 1.67. The summed E-state index contributed by atoms with van der Waals surface area (Å²) in [5.41, 5.74) is 0.587. The standard InChI is InChI=1S/C14H15NO6/c1-3-18-13(17)14-20-10-6-8-9(7-11(10)21-14)19-5-4-12(16)15(8)2/h6-7,14H,3-5H2,1-2H3. The van der Waals surface area contributed by atoms with Gasteiger partial charge in [-0.15, -0.1) is 0 Å². The average Bonchev–Trinajstić information content (AvgIpc) is 2.83. The van der Waals surface area contributed by atoms with Gasteiger partial charge in [0.05, 0.1) is 25.3 Å². The second kappa shape index (κ2) is 5.16. The van der Waals surface area contributed by atoms with E-state index in [0.29, 0.717) is 36.0 Å². The van der Waals surface area contributed by atoms with Gasteiger partial charge in [-0.1, -0.05) is 0 Å². The molecule has 7 heteroatoms. The fourth-order valence-corrected chi connectivity index (χ4v) is 2.20. The van der Waals surface area contributed by atoms with Crippen molar-refractivity contribution in [2.75, 3.05) is 25.2 Å². The molecule has 2 heterocycles. The molecule has 0 N–H and O–H groups in total. The van der Waals surface area contributed by atoms with E-state index in [4.69, 9.17) is 18.9 Å². The number of fused-ring (bicyclic) bond motifs is 2. The molecule has 112 valence electrons. The highest BCUT2D eigenvalue weighted by molar-refractivity contribution is 5.95. The van der Waals surface area contributed by atoms with E-state index in [1.165, 1.54) is 4.90 Å². The average molecular weight is 293 g/mol. The lowest BCUT2D eigenvalue weighted by Crippen LogP contribution is -2.30. The van der Waals surface area contributed by atoms with Crippen LogP contribution >= 0.6 is 0 Å². The van der Waals surface area contributed by atoms with Crippen LogP contribution in [0.1, 0.15) is 13.3 Å². The van der Waals surface area contributed by atoms with Crippen LogP contribution in [0.3, 0.4) is 0 Å². The number of hydrogen-bond acceptors (Lipinski definition) is 6. The van der Waals surface area contributed by atoms with Gasteiger partial charge in [-0.05, 0) is 6.92 Å². The molecular weight excluding hydrogens is 278 g/mol. The Hall–Kier alpha value is -2.44. The zero-order valence-corrected chi connectivity index (χ0v) is 11.8. The quantitative estimate of drug-likeness (QED) is 0.760. The van der Waals surface area contributed by atoms with Crippen molar-refractivity contribution in [2.45, 2.75) is 19.6 Å². The van der Waals surface area contributed by atoms with Crippen LogP contribution in [-0.2, 0) is 14.3 Å². The van der Waals surface area contributed by atoms with Gasteiger partial charge in [0.1, 0.15) is 5.75 Å². The third-order valence-electron chi connectivity index (χ3n) is 3.28. The SMILES string of the molecule is CCOC(=O)C1Oc2cc3c(cc2O1)N(C)C(=O)CCO3. The largest absolute Gasteiger partial charge is 0.491 e. The van der Waals surface area contributed by atoms with Crippen molar-refractivity contribution in [1.29, 1.82) is 0 Å². The minimum atomic E-state index is -1.12. The molecule has 1 aromatic carbocycles. The summed E-state index contributed by atoms with van der Waals surface area (Å²) in [6, 6.07) is 3.26. The molecule has 2 aliphatic rings. The summed E-state index contributed by atoms with van der Waals surface area (Å²) >= 11 is 0. The Kier molecular flexibility index (Phi) is 3.32. The lowest BCUT2D eigenvalue weighted by Gasteiger charge is -2.16. The maximum Gasteiger partial charge on any atom is 0.389 e. The highest BCUT2D eigenvalue weighted by atomic mass is 16.7. The molecule has 0 saturated carbocycles. The minimum absolute atomic E-state index is 0.0467. The second-order valence-electron chi connectivity index (χ2n) is 4.64. The number of hydrogen-bond donors (Lipinski definition) is 0. The number of rotatable bonds is 2. The van der Waals surface area contributed by atoms with Gasteiger partial charge in [-0.25, -0.2) is 4.79 Å². The number of amides is 1. The van der Waals surface area contributed by atoms with E-state index in [9.17, 15) is 9.59 Å². The summed E-state index contributed by atoms with van der Waals surface area (Å²) in [5.74, 6) is 0.672. The molecule has 7 nitrogen and oxygen atoms in total. The van der Waals surface area contributed by atoms with Crippen LogP contribution in [0.15, 0.2) is 12.1 Å². The topological polar surface area (TPSA) is 74.3 Å². The van der Waals surface area contributed by atoms with Gasteiger partial charge in [-0.3, -0.25) is 4.79 Å². The van der Waals surface area contributed by atoms with E-state index in [1.54, 1.807) is 26.1 Å². The molecule has 0 bridgehead atoms. The predicted molar refractivity (Wildman–Crippen MR) is 71.6 cm³/mol. The maximum absolute atomic E-state index is 11.8.